The number of likely N-dealkylation sites (N-methyl/N-ethyl adjacent to an activating group) is 1. The minimum atomic E-state index is -0.781. The second kappa shape index (κ2) is 13.0. The van der Waals surface area contributed by atoms with Gasteiger partial charge in [0, 0.05) is 18.7 Å². The van der Waals surface area contributed by atoms with Crippen LogP contribution in [0.1, 0.15) is 37.9 Å². The third-order valence-electron chi connectivity index (χ3n) is 6.39. The molecule has 0 spiro atoms. The van der Waals surface area contributed by atoms with Crippen molar-refractivity contribution in [2.24, 2.45) is 0 Å². The maximum absolute atomic E-state index is 13.3. The zero-order chi connectivity index (χ0) is 26.9. The number of methoxy groups -OCH3 is 1. The molecule has 0 saturated carbocycles. The van der Waals surface area contributed by atoms with Crippen molar-refractivity contribution in [1.29, 1.82) is 0 Å². The van der Waals surface area contributed by atoms with Crippen LogP contribution in [-0.4, -0.2) is 73.1 Å². The average molecular weight is 509 g/mol. The highest BCUT2D eigenvalue weighted by atomic mass is 16.5. The van der Waals surface area contributed by atoms with Gasteiger partial charge in [0.15, 0.2) is 11.5 Å². The molecule has 8 nitrogen and oxygen atoms in total. The van der Waals surface area contributed by atoms with Crippen LogP contribution in [0.2, 0.25) is 0 Å². The normalized spacial score (nSPS) is 16.8. The molecule has 1 aliphatic heterocycles. The van der Waals surface area contributed by atoms with E-state index in [2.05, 4.69) is 25.3 Å². The number of benzene rings is 2. The Morgan fingerprint density at radius 2 is 1.76 bits per heavy atom. The standard InChI is InChI=1S/C29H36N2O6/c1-6-18-37-22-13-10-20(11-14-22)27(32)25-26(21-12-15-23(36-9-4)24(19-21)35-5)31(29(34)28(25)33)17-16-30(7-2)8-3/h6,10-15,19,26,32H,1,7-9,16-18H2,2-5H3/t26-/m0/s1. The average Bonchev–Trinajstić information content (AvgIpc) is 3.17. The molecule has 3 rings (SSSR count). The molecule has 1 N–H and O–H groups in total. The zero-order valence-electron chi connectivity index (χ0n) is 22.0. The second-order valence-corrected chi connectivity index (χ2v) is 8.49. The van der Waals surface area contributed by atoms with Crippen molar-refractivity contribution >= 4 is 17.4 Å². The molecule has 1 aliphatic rings. The summed E-state index contributed by atoms with van der Waals surface area (Å²) in [6.45, 7) is 13.0. The number of ether oxygens (including phenoxy) is 3. The van der Waals surface area contributed by atoms with Gasteiger partial charge in [0.05, 0.1) is 25.3 Å². The number of ketones is 1. The van der Waals surface area contributed by atoms with Crippen LogP contribution in [0.3, 0.4) is 0 Å². The maximum atomic E-state index is 13.3. The maximum Gasteiger partial charge on any atom is 0.295 e. The van der Waals surface area contributed by atoms with E-state index in [4.69, 9.17) is 14.2 Å². The molecule has 0 aromatic heterocycles. The Morgan fingerprint density at radius 1 is 1.05 bits per heavy atom. The number of carbonyl (C=O) groups excluding carboxylic acids is 2. The molecular formula is C29H36N2O6. The summed E-state index contributed by atoms with van der Waals surface area (Å²) in [5, 5.41) is 11.3. The highest BCUT2D eigenvalue weighted by Crippen LogP contribution is 2.42. The third kappa shape index (κ3) is 6.14. The molecule has 0 unspecified atom stereocenters. The van der Waals surface area contributed by atoms with Gasteiger partial charge in [0.2, 0.25) is 0 Å². The Morgan fingerprint density at radius 3 is 2.35 bits per heavy atom. The van der Waals surface area contributed by atoms with Gasteiger partial charge in [-0.1, -0.05) is 32.6 Å². The number of likely N-dealkylation sites (tertiary alicyclic amines) is 1. The van der Waals surface area contributed by atoms with Crippen LogP contribution in [0.25, 0.3) is 5.76 Å². The molecule has 1 amide bonds. The van der Waals surface area contributed by atoms with Crippen LogP contribution in [0.5, 0.6) is 17.2 Å². The Labute approximate surface area is 218 Å². The molecule has 0 aliphatic carbocycles. The van der Waals surface area contributed by atoms with E-state index >= 15 is 0 Å². The number of Topliss-reactive ketones (excluding diaryl/α,β-unsaturated/α-hetero) is 1. The van der Waals surface area contributed by atoms with Gasteiger partial charge in [-0.05, 0) is 62.0 Å². The first-order chi connectivity index (χ1) is 17.9. The van der Waals surface area contributed by atoms with Crippen molar-refractivity contribution in [3.05, 3.63) is 71.8 Å². The molecule has 2 aromatic rings. The summed E-state index contributed by atoms with van der Waals surface area (Å²) in [5.41, 5.74) is 1.10. The lowest BCUT2D eigenvalue weighted by atomic mass is 9.95. The fourth-order valence-corrected chi connectivity index (χ4v) is 4.39. The lowest BCUT2D eigenvalue weighted by Crippen LogP contribution is -2.38. The molecule has 1 atom stereocenters. The van der Waals surface area contributed by atoms with E-state index in [1.54, 1.807) is 48.5 Å². The monoisotopic (exact) mass is 508 g/mol. The van der Waals surface area contributed by atoms with Gasteiger partial charge in [0.25, 0.3) is 11.7 Å². The summed E-state index contributed by atoms with van der Waals surface area (Å²) in [5.74, 6) is 0.0430. The molecule has 2 aromatic carbocycles. The van der Waals surface area contributed by atoms with Crippen molar-refractivity contribution in [3.63, 3.8) is 0 Å². The van der Waals surface area contributed by atoms with Gasteiger partial charge in [0.1, 0.15) is 18.1 Å². The second-order valence-electron chi connectivity index (χ2n) is 8.49. The van der Waals surface area contributed by atoms with Gasteiger partial charge in [-0.2, -0.15) is 0 Å². The number of hydrogen-bond donors (Lipinski definition) is 1. The minimum Gasteiger partial charge on any atom is -0.507 e. The summed E-state index contributed by atoms with van der Waals surface area (Å²) in [6, 6.07) is 11.2. The van der Waals surface area contributed by atoms with Gasteiger partial charge in [-0.3, -0.25) is 9.59 Å². The van der Waals surface area contributed by atoms with E-state index in [-0.39, 0.29) is 11.3 Å². The molecular weight excluding hydrogens is 472 g/mol. The van der Waals surface area contributed by atoms with Crippen molar-refractivity contribution in [1.82, 2.24) is 9.80 Å². The number of amides is 1. The number of aliphatic hydroxyl groups excluding tert-OH is 1. The minimum absolute atomic E-state index is 0.0375. The highest BCUT2D eigenvalue weighted by molar-refractivity contribution is 6.46. The van der Waals surface area contributed by atoms with E-state index in [1.165, 1.54) is 12.0 Å². The molecule has 8 heteroatoms. The Hall–Kier alpha value is -3.78. The number of aliphatic hydroxyl groups is 1. The summed E-state index contributed by atoms with van der Waals surface area (Å²) < 4.78 is 16.7. The molecule has 1 heterocycles. The number of carbonyl (C=O) groups is 2. The predicted octanol–water partition coefficient (Wildman–Crippen LogP) is 4.42. The smallest absolute Gasteiger partial charge is 0.295 e. The largest absolute Gasteiger partial charge is 0.507 e. The van der Waals surface area contributed by atoms with E-state index in [9.17, 15) is 14.7 Å². The fourth-order valence-electron chi connectivity index (χ4n) is 4.39. The Kier molecular flexibility index (Phi) is 9.74. The molecule has 1 saturated heterocycles. The zero-order valence-corrected chi connectivity index (χ0v) is 22.0. The SMILES string of the molecule is C=CCOc1ccc(C(O)=C2C(=O)C(=O)N(CCN(CC)CC)[C@H]2c2ccc(OCC)c(OC)c2)cc1. The van der Waals surface area contributed by atoms with Crippen molar-refractivity contribution in [2.45, 2.75) is 26.8 Å². The molecule has 0 bridgehead atoms. The molecule has 37 heavy (non-hydrogen) atoms. The van der Waals surface area contributed by atoms with Gasteiger partial charge < -0.3 is 29.1 Å². The van der Waals surface area contributed by atoms with Crippen molar-refractivity contribution in [2.75, 3.05) is 46.5 Å². The topological polar surface area (TPSA) is 88.5 Å². The summed E-state index contributed by atoms with van der Waals surface area (Å²) >= 11 is 0. The van der Waals surface area contributed by atoms with Crippen LogP contribution in [-0.2, 0) is 9.59 Å². The van der Waals surface area contributed by atoms with Crippen LogP contribution >= 0.6 is 0 Å². The van der Waals surface area contributed by atoms with Crippen LogP contribution in [0.15, 0.2) is 60.7 Å². The first kappa shape index (κ1) is 27.8. The Balaban J connectivity index is 2.10. The number of hydrogen-bond acceptors (Lipinski definition) is 7. The third-order valence-corrected chi connectivity index (χ3v) is 6.39. The van der Waals surface area contributed by atoms with E-state index < -0.39 is 17.7 Å². The number of nitrogens with zero attached hydrogens (tertiary/aromatic N) is 2. The van der Waals surface area contributed by atoms with Crippen molar-refractivity contribution in [3.8, 4) is 17.2 Å². The van der Waals surface area contributed by atoms with E-state index in [0.717, 1.165) is 13.1 Å². The molecule has 0 radical (unpaired) electrons. The van der Waals surface area contributed by atoms with Crippen LogP contribution in [0.4, 0.5) is 0 Å². The first-order valence-corrected chi connectivity index (χ1v) is 12.6. The lowest BCUT2D eigenvalue weighted by Gasteiger charge is -2.28. The molecule has 198 valence electrons. The summed E-state index contributed by atoms with van der Waals surface area (Å²) in [4.78, 5) is 30.3. The van der Waals surface area contributed by atoms with E-state index in [1.807, 2.05) is 6.92 Å². The van der Waals surface area contributed by atoms with Gasteiger partial charge in [-0.15, -0.1) is 0 Å². The summed E-state index contributed by atoms with van der Waals surface area (Å²) in [6.07, 6.45) is 1.64. The van der Waals surface area contributed by atoms with Gasteiger partial charge >= 0.3 is 0 Å². The van der Waals surface area contributed by atoms with E-state index in [0.29, 0.717) is 54.7 Å². The lowest BCUT2D eigenvalue weighted by molar-refractivity contribution is -0.140. The first-order valence-electron chi connectivity index (χ1n) is 12.6. The highest BCUT2D eigenvalue weighted by Gasteiger charge is 2.46. The summed E-state index contributed by atoms with van der Waals surface area (Å²) in [7, 11) is 1.54. The quantitative estimate of drug-likeness (QED) is 0.185. The van der Waals surface area contributed by atoms with Crippen molar-refractivity contribution < 1.29 is 28.9 Å². The fraction of sp³-hybridized carbons (Fsp3) is 0.379. The van der Waals surface area contributed by atoms with Crippen LogP contribution in [0, 0.1) is 0 Å². The Bertz CT molecular complexity index is 1140. The number of rotatable bonds is 13. The molecule has 1 fully saturated rings. The van der Waals surface area contributed by atoms with Crippen LogP contribution < -0.4 is 14.2 Å². The van der Waals surface area contributed by atoms with Gasteiger partial charge in [-0.25, -0.2) is 0 Å². The predicted molar refractivity (Wildman–Crippen MR) is 143 cm³/mol.